The van der Waals surface area contributed by atoms with Crippen molar-refractivity contribution in [3.8, 4) is 11.5 Å². The molecule has 26 heavy (non-hydrogen) atoms. The van der Waals surface area contributed by atoms with Crippen molar-refractivity contribution in [1.29, 1.82) is 0 Å². The summed E-state index contributed by atoms with van der Waals surface area (Å²) in [6.07, 6.45) is 2.02. The number of nitro benzene ring substituents is 1. The van der Waals surface area contributed by atoms with Crippen LogP contribution in [0.4, 0.5) is 11.6 Å². The molecule has 0 bridgehead atoms. The first-order valence-electron chi connectivity index (χ1n) is 7.68. The third kappa shape index (κ3) is 4.53. The van der Waals surface area contributed by atoms with Crippen molar-refractivity contribution in [3.05, 3.63) is 43.9 Å². The molecule has 0 radical (unpaired) electrons. The molecule has 0 saturated heterocycles. The van der Waals surface area contributed by atoms with Crippen LogP contribution < -0.4 is 20.5 Å². The van der Waals surface area contributed by atoms with Crippen LogP contribution in [0, 0.1) is 17.0 Å². The Bertz CT molecular complexity index is 879. The number of methoxy groups -OCH3 is 1. The summed E-state index contributed by atoms with van der Waals surface area (Å²) in [6.45, 7) is 3.74. The van der Waals surface area contributed by atoms with E-state index in [4.69, 9.17) is 9.47 Å². The highest BCUT2D eigenvalue weighted by Crippen LogP contribution is 2.38. The Hall–Kier alpha value is -3.50. The normalized spacial score (nSPS) is 10.7. The Labute approximate surface area is 148 Å². The van der Waals surface area contributed by atoms with E-state index in [1.54, 1.807) is 6.07 Å². The van der Waals surface area contributed by atoms with Crippen LogP contribution in [-0.2, 0) is 0 Å². The number of H-pyrrole nitrogens is 1. The van der Waals surface area contributed by atoms with E-state index < -0.39 is 10.5 Å². The zero-order valence-electron chi connectivity index (χ0n) is 14.5. The van der Waals surface area contributed by atoms with Crippen LogP contribution in [0.2, 0.25) is 0 Å². The quantitative estimate of drug-likeness (QED) is 0.409. The van der Waals surface area contributed by atoms with E-state index in [0.29, 0.717) is 18.6 Å². The molecule has 0 saturated carbocycles. The van der Waals surface area contributed by atoms with Crippen molar-refractivity contribution in [2.45, 2.75) is 20.3 Å². The van der Waals surface area contributed by atoms with Crippen LogP contribution in [0.5, 0.6) is 11.5 Å². The lowest BCUT2D eigenvalue weighted by molar-refractivity contribution is -0.386. The number of hydrazone groups is 1. The summed E-state index contributed by atoms with van der Waals surface area (Å²) in [5.41, 5.74) is 2.49. The predicted molar refractivity (Wildman–Crippen MR) is 94.0 cm³/mol. The van der Waals surface area contributed by atoms with Gasteiger partial charge in [-0.2, -0.15) is 5.10 Å². The average molecular weight is 362 g/mol. The zero-order valence-corrected chi connectivity index (χ0v) is 14.5. The van der Waals surface area contributed by atoms with Gasteiger partial charge in [-0.3, -0.25) is 19.9 Å². The number of rotatable bonds is 8. The molecule has 2 rings (SSSR count). The van der Waals surface area contributed by atoms with Crippen LogP contribution >= 0.6 is 0 Å². The van der Waals surface area contributed by atoms with E-state index in [-0.39, 0.29) is 28.8 Å². The number of aryl methyl sites for hydroxylation is 1. The maximum Gasteiger partial charge on any atom is 0.315 e. The summed E-state index contributed by atoms with van der Waals surface area (Å²) in [7, 11) is 1.39. The molecule has 0 atom stereocenters. The molecule has 0 unspecified atom stereocenters. The standard InChI is InChI=1S/C15H18N6O5/c1-4-5-26-13-11(21(23)24)6-10(7-12(13)25-3)8-16-19-15-17-14(22)9(2)18-20-15/h6-8H,4-5H2,1-3H3,(H2,17,19,20,22)/b16-8+. The summed E-state index contributed by atoms with van der Waals surface area (Å²) < 4.78 is 10.6. The minimum Gasteiger partial charge on any atom is -0.493 e. The monoisotopic (exact) mass is 362 g/mol. The summed E-state index contributed by atoms with van der Waals surface area (Å²) >= 11 is 0. The summed E-state index contributed by atoms with van der Waals surface area (Å²) in [5.74, 6) is 0.331. The van der Waals surface area contributed by atoms with E-state index in [9.17, 15) is 14.9 Å². The number of nitro groups is 1. The summed E-state index contributed by atoms with van der Waals surface area (Å²) in [4.78, 5) is 24.7. The van der Waals surface area contributed by atoms with Gasteiger partial charge in [-0.15, -0.1) is 10.2 Å². The number of aromatic nitrogens is 3. The molecule has 1 heterocycles. The van der Waals surface area contributed by atoms with Crippen molar-refractivity contribution in [1.82, 2.24) is 15.2 Å². The Morgan fingerprint density at radius 1 is 1.42 bits per heavy atom. The van der Waals surface area contributed by atoms with Crippen LogP contribution in [0.3, 0.4) is 0 Å². The van der Waals surface area contributed by atoms with E-state index in [1.807, 2.05) is 6.92 Å². The lowest BCUT2D eigenvalue weighted by Crippen LogP contribution is -2.15. The third-order valence-corrected chi connectivity index (χ3v) is 3.17. The highest BCUT2D eigenvalue weighted by Gasteiger charge is 2.21. The van der Waals surface area contributed by atoms with Gasteiger partial charge in [0.15, 0.2) is 5.75 Å². The summed E-state index contributed by atoms with van der Waals surface area (Å²) in [6, 6.07) is 2.86. The first kappa shape index (κ1) is 18.8. The van der Waals surface area contributed by atoms with Crippen molar-refractivity contribution in [2.75, 3.05) is 19.1 Å². The predicted octanol–water partition coefficient (Wildman–Crippen LogP) is 1.62. The highest BCUT2D eigenvalue weighted by atomic mass is 16.6. The van der Waals surface area contributed by atoms with Crippen molar-refractivity contribution in [2.24, 2.45) is 5.10 Å². The molecule has 11 nitrogen and oxygen atoms in total. The maximum absolute atomic E-state index is 11.4. The van der Waals surface area contributed by atoms with Gasteiger partial charge in [-0.25, -0.2) is 5.43 Å². The molecule has 2 aromatic rings. The molecule has 0 spiro atoms. The van der Waals surface area contributed by atoms with Crippen molar-refractivity contribution < 1.29 is 14.4 Å². The third-order valence-electron chi connectivity index (χ3n) is 3.17. The molecular weight excluding hydrogens is 344 g/mol. The van der Waals surface area contributed by atoms with Crippen LogP contribution in [0.25, 0.3) is 0 Å². The topological polar surface area (TPSA) is 145 Å². The van der Waals surface area contributed by atoms with E-state index in [1.165, 1.54) is 26.3 Å². The molecular formula is C15H18N6O5. The first-order chi connectivity index (χ1) is 12.5. The smallest absolute Gasteiger partial charge is 0.315 e. The minimum atomic E-state index is -0.554. The van der Waals surface area contributed by atoms with Gasteiger partial charge < -0.3 is 9.47 Å². The Balaban J connectivity index is 2.28. The average Bonchev–Trinajstić information content (AvgIpc) is 2.62. The maximum atomic E-state index is 11.4. The molecule has 138 valence electrons. The Morgan fingerprint density at radius 2 is 2.19 bits per heavy atom. The molecule has 1 aromatic heterocycles. The molecule has 11 heteroatoms. The van der Waals surface area contributed by atoms with Crippen molar-refractivity contribution in [3.63, 3.8) is 0 Å². The van der Waals surface area contributed by atoms with Gasteiger partial charge in [0.2, 0.25) is 11.7 Å². The van der Waals surface area contributed by atoms with Crippen LogP contribution in [0.15, 0.2) is 22.0 Å². The van der Waals surface area contributed by atoms with E-state index in [2.05, 4.69) is 25.7 Å². The van der Waals surface area contributed by atoms with Crippen LogP contribution in [0.1, 0.15) is 24.6 Å². The van der Waals surface area contributed by atoms with E-state index in [0.717, 1.165) is 0 Å². The zero-order chi connectivity index (χ0) is 19.1. The lowest BCUT2D eigenvalue weighted by Gasteiger charge is -2.11. The van der Waals surface area contributed by atoms with Gasteiger partial charge in [0, 0.05) is 11.6 Å². The van der Waals surface area contributed by atoms with Gasteiger partial charge in [0.05, 0.1) is 24.9 Å². The number of hydrogen-bond acceptors (Lipinski definition) is 9. The van der Waals surface area contributed by atoms with Gasteiger partial charge in [0.1, 0.15) is 5.69 Å². The molecule has 0 amide bonds. The number of benzene rings is 1. The van der Waals surface area contributed by atoms with Gasteiger partial charge in [-0.05, 0) is 19.4 Å². The van der Waals surface area contributed by atoms with Crippen molar-refractivity contribution >= 4 is 17.9 Å². The fourth-order valence-corrected chi connectivity index (χ4v) is 1.93. The summed E-state index contributed by atoms with van der Waals surface area (Å²) in [5, 5.41) is 22.6. The molecule has 0 fully saturated rings. The fraction of sp³-hybridized carbons (Fsp3) is 0.333. The fourth-order valence-electron chi connectivity index (χ4n) is 1.93. The minimum absolute atomic E-state index is 0.0428. The molecule has 2 N–H and O–H groups in total. The highest BCUT2D eigenvalue weighted by molar-refractivity contribution is 5.83. The van der Waals surface area contributed by atoms with Gasteiger partial charge >= 0.3 is 5.69 Å². The number of nitrogens with zero attached hydrogens (tertiary/aromatic N) is 4. The molecule has 1 aromatic carbocycles. The second-order valence-corrected chi connectivity index (χ2v) is 5.14. The number of anilines is 1. The largest absolute Gasteiger partial charge is 0.493 e. The lowest BCUT2D eigenvalue weighted by atomic mass is 10.2. The first-order valence-corrected chi connectivity index (χ1v) is 7.68. The SMILES string of the molecule is CCCOc1c(OC)cc(/C=N/Nc2nnc(C)c(=O)[nH]2)cc1[N+](=O)[O-]. The Morgan fingerprint density at radius 3 is 2.81 bits per heavy atom. The number of aromatic amines is 1. The second kappa shape index (κ2) is 8.55. The van der Waals surface area contributed by atoms with Gasteiger partial charge in [-0.1, -0.05) is 6.92 Å². The van der Waals surface area contributed by atoms with Gasteiger partial charge in [0.25, 0.3) is 5.56 Å². The number of ether oxygens (including phenoxy) is 2. The number of hydrogen-bond donors (Lipinski definition) is 2. The molecule has 0 aliphatic carbocycles. The van der Waals surface area contributed by atoms with Crippen LogP contribution in [-0.4, -0.2) is 40.0 Å². The van der Waals surface area contributed by atoms with E-state index >= 15 is 0 Å². The molecule has 0 aliphatic heterocycles. The second-order valence-electron chi connectivity index (χ2n) is 5.14. The Kier molecular flexibility index (Phi) is 6.20. The molecule has 0 aliphatic rings. The number of nitrogens with one attached hydrogen (secondary N) is 2.